The first-order chi connectivity index (χ1) is 7.65. The van der Waals surface area contributed by atoms with Crippen LogP contribution in [-0.4, -0.2) is 34.6 Å². The van der Waals surface area contributed by atoms with Gasteiger partial charge in [-0.3, -0.25) is 9.78 Å². The maximum atomic E-state index is 11.7. The second-order valence-corrected chi connectivity index (χ2v) is 3.65. The molecule has 0 aliphatic heterocycles. The van der Waals surface area contributed by atoms with E-state index in [1.54, 1.807) is 24.4 Å². The summed E-state index contributed by atoms with van der Waals surface area (Å²) in [5, 5.41) is 9.25. The third-order valence-corrected chi connectivity index (χ3v) is 2.34. The van der Waals surface area contributed by atoms with E-state index in [4.69, 9.17) is 11.5 Å². The van der Waals surface area contributed by atoms with Gasteiger partial charge in [-0.1, -0.05) is 6.07 Å². The molecule has 0 bridgehead atoms. The van der Waals surface area contributed by atoms with Crippen molar-refractivity contribution in [2.24, 2.45) is 11.5 Å². The fraction of sp³-hybridized carbons (Fsp3) is 0.455. The topological polar surface area (TPSA) is 102 Å². The molecule has 16 heavy (non-hydrogen) atoms. The number of nitrogens with two attached hydrogens (primary N) is 2. The molecule has 0 saturated heterocycles. The molecule has 5 N–H and O–H groups in total. The second-order valence-electron chi connectivity index (χ2n) is 3.65. The minimum Gasteiger partial charge on any atom is -0.392 e. The van der Waals surface area contributed by atoms with Gasteiger partial charge in [0.25, 0.3) is 0 Å². The monoisotopic (exact) mass is 223 g/mol. The van der Waals surface area contributed by atoms with Gasteiger partial charge in [0.1, 0.15) is 5.69 Å². The highest BCUT2D eigenvalue weighted by atomic mass is 16.3. The number of ketones is 1. The predicted octanol–water partition coefficient (Wildman–Crippen LogP) is -0.309. The highest BCUT2D eigenvalue weighted by Crippen LogP contribution is 2.05. The average molecular weight is 223 g/mol. The molecule has 0 amide bonds. The Kier molecular flexibility index (Phi) is 5.04. The number of carbonyl (C=O) groups is 1. The van der Waals surface area contributed by atoms with Crippen LogP contribution in [0.2, 0.25) is 0 Å². The molecule has 1 aromatic rings. The molecule has 5 nitrogen and oxygen atoms in total. The SMILES string of the molecule is NC[C@H](O)CC[C@H](N)C(=O)c1ccccn1. The van der Waals surface area contributed by atoms with Gasteiger partial charge < -0.3 is 16.6 Å². The van der Waals surface area contributed by atoms with Gasteiger partial charge in [0.15, 0.2) is 5.78 Å². The Bertz CT molecular complexity index is 329. The summed E-state index contributed by atoms with van der Waals surface area (Å²) < 4.78 is 0. The van der Waals surface area contributed by atoms with E-state index in [0.29, 0.717) is 18.5 Å². The molecule has 0 aliphatic carbocycles. The quantitative estimate of drug-likeness (QED) is 0.574. The van der Waals surface area contributed by atoms with Gasteiger partial charge in [-0.2, -0.15) is 0 Å². The molecule has 88 valence electrons. The molecule has 0 radical (unpaired) electrons. The third-order valence-electron chi connectivity index (χ3n) is 2.34. The van der Waals surface area contributed by atoms with Crippen molar-refractivity contribution in [3.63, 3.8) is 0 Å². The zero-order valence-electron chi connectivity index (χ0n) is 9.04. The number of aromatic nitrogens is 1. The zero-order chi connectivity index (χ0) is 12.0. The summed E-state index contributed by atoms with van der Waals surface area (Å²) in [6.07, 6.45) is 1.79. The molecule has 0 spiro atoms. The first-order valence-corrected chi connectivity index (χ1v) is 5.24. The zero-order valence-corrected chi connectivity index (χ0v) is 9.04. The summed E-state index contributed by atoms with van der Waals surface area (Å²) in [5.41, 5.74) is 11.3. The number of nitrogens with zero attached hydrogens (tertiary/aromatic N) is 1. The van der Waals surface area contributed by atoms with Crippen molar-refractivity contribution < 1.29 is 9.90 Å². The van der Waals surface area contributed by atoms with E-state index in [2.05, 4.69) is 4.98 Å². The summed E-state index contributed by atoms with van der Waals surface area (Å²) in [6, 6.07) is 4.47. The molecule has 5 heteroatoms. The number of hydrogen-bond donors (Lipinski definition) is 3. The number of pyridine rings is 1. The minimum absolute atomic E-state index is 0.185. The molecule has 0 saturated carbocycles. The Morgan fingerprint density at radius 1 is 1.44 bits per heavy atom. The van der Waals surface area contributed by atoms with Gasteiger partial charge in [-0.15, -0.1) is 0 Å². The summed E-state index contributed by atoms with van der Waals surface area (Å²) in [5.74, 6) is -0.204. The summed E-state index contributed by atoms with van der Waals surface area (Å²) >= 11 is 0. The maximum absolute atomic E-state index is 11.7. The normalized spacial score (nSPS) is 14.4. The van der Waals surface area contributed by atoms with Gasteiger partial charge >= 0.3 is 0 Å². The van der Waals surface area contributed by atoms with Crippen LogP contribution in [0.5, 0.6) is 0 Å². The molecule has 0 fully saturated rings. The largest absolute Gasteiger partial charge is 0.392 e. The number of aliphatic hydroxyl groups is 1. The molecule has 0 aromatic carbocycles. The Morgan fingerprint density at radius 2 is 2.19 bits per heavy atom. The smallest absolute Gasteiger partial charge is 0.197 e. The van der Waals surface area contributed by atoms with Crippen molar-refractivity contribution in [3.8, 4) is 0 Å². The summed E-state index contributed by atoms with van der Waals surface area (Å²) in [7, 11) is 0. The van der Waals surface area contributed by atoms with Crippen LogP contribution in [0, 0.1) is 0 Å². The van der Waals surface area contributed by atoms with E-state index in [0.717, 1.165) is 0 Å². The molecular formula is C11H17N3O2. The number of Topliss-reactive ketones (excluding diaryl/α,β-unsaturated/α-hetero) is 1. The maximum Gasteiger partial charge on any atom is 0.197 e. The second kappa shape index (κ2) is 6.32. The van der Waals surface area contributed by atoms with Crippen LogP contribution in [0.3, 0.4) is 0 Å². The Hall–Kier alpha value is -1.30. The van der Waals surface area contributed by atoms with E-state index in [1.165, 1.54) is 0 Å². The highest BCUT2D eigenvalue weighted by molar-refractivity contribution is 5.98. The van der Waals surface area contributed by atoms with Crippen molar-refractivity contribution in [2.75, 3.05) is 6.54 Å². The van der Waals surface area contributed by atoms with Crippen molar-refractivity contribution in [1.29, 1.82) is 0 Å². The molecule has 1 heterocycles. The van der Waals surface area contributed by atoms with Crippen LogP contribution < -0.4 is 11.5 Å². The van der Waals surface area contributed by atoms with E-state index in [1.807, 2.05) is 0 Å². The van der Waals surface area contributed by atoms with Crippen molar-refractivity contribution >= 4 is 5.78 Å². The van der Waals surface area contributed by atoms with Crippen LogP contribution in [0.4, 0.5) is 0 Å². The van der Waals surface area contributed by atoms with Crippen LogP contribution in [-0.2, 0) is 0 Å². The van der Waals surface area contributed by atoms with Gasteiger partial charge in [-0.05, 0) is 25.0 Å². The summed E-state index contributed by atoms with van der Waals surface area (Å²) in [6.45, 7) is 0.185. The first-order valence-electron chi connectivity index (χ1n) is 5.24. The Labute approximate surface area is 94.5 Å². The number of aliphatic hydroxyl groups excluding tert-OH is 1. The fourth-order valence-corrected chi connectivity index (χ4v) is 1.32. The Morgan fingerprint density at radius 3 is 2.75 bits per heavy atom. The molecule has 0 unspecified atom stereocenters. The van der Waals surface area contributed by atoms with Gasteiger partial charge in [0, 0.05) is 12.7 Å². The lowest BCUT2D eigenvalue weighted by Gasteiger charge is -2.12. The van der Waals surface area contributed by atoms with E-state index >= 15 is 0 Å². The molecule has 1 rings (SSSR count). The van der Waals surface area contributed by atoms with E-state index in [-0.39, 0.29) is 12.3 Å². The minimum atomic E-state index is -0.629. The predicted molar refractivity (Wildman–Crippen MR) is 60.8 cm³/mol. The first kappa shape index (κ1) is 12.8. The lowest BCUT2D eigenvalue weighted by atomic mass is 10.0. The Balaban J connectivity index is 2.49. The van der Waals surface area contributed by atoms with E-state index < -0.39 is 12.1 Å². The van der Waals surface area contributed by atoms with Gasteiger partial charge in [0.05, 0.1) is 12.1 Å². The molecule has 2 atom stereocenters. The van der Waals surface area contributed by atoms with Crippen molar-refractivity contribution in [3.05, 3.63) is 30.1 Å². The van der Waals surface area contributed by atoms with Crippen LogP contribution in [0.25, 0.3) is 0 Å². The van der Waals surface area contributed by atoms with Crippen molar-refractivity contribution in [2.45, 2.75) is 25.0 Å². The van der Waals surface area contributed by atoms with Crippen molar-refractivity contribution in [1.82, 2.24) is 4.98 Å². The lowest BCUT2D eigenvalue weighted by molar-refractivity contribution is 0.0939. The van der Waals surface area contributed by atoms with Crippen LogP contribution >= 0.6 is 0 Å². The summed E-state index contributed by atoms with van der Waals surface area (Å²) in [4.78, 5) is 15.7. The number of hydrogen-bond acceptors (Lipinski definition) is 5. The standard InChI is InChI=1S/C11H17N3O2/c12-7-8(15)4-5-9(13)11(16)10-3-1-2-6-14-10/h1-3,6,8-9,15H,4-5,7,12-13H2/t8-,9+/m1/s1. The number of rotatable bonds is 6. The lowest BCUT2D eigenvalue weighted by Crippen LogP contribution is -2.33. The highest BCUT2D eigenvalue weighted by Gasteiger charge is 2.17. The third kappa shape index (κ3) is 3.69. The average Bonchev–Trinajstić information content (AvgIpc) is 2.35. The van der Waals surface area contributed by atoms with Crippen LogP contribution in [0.15, 0.2) is 24.4 Å². The van der Waals surface area contributed by atoms with E-state index in [9.17, 15) is 9.90 Å². The molecular weight excluding hydrogens is 206 g/mol. The molecule has 1 aromatic heterocycles. The number of carbonyl (C=O) groups excluding carboxylic acids is 1. The van der Waals surface area contributed by atoms with Gasteiger partial charge in [-0.25, -0.2) is 0 Å². The fourth-order valence-electron chi connectivity index (χ4n) is 1.32. The van der Waals surface area contributed by atoms with Gasteiger partial charge in [0.2, 0.25) is 0 Å². The molecule has 0 aliphatic rings. The van der Waals surface area contributed by atoms with Crippen LogP contribution in [0.1, 0.15) is 23.3 Å².